The molecule has 3 heterocycles. The van der Waals surface area contributed by atoms with Gasteiger partial charge >= 0.3 is 0 Å². The fraction of sp³-hybridized carbons (Fsp3) is 0.400. The Balaban J connectivity index is 1.36. The minimum absolute atomic E-state index is 0.0231. The van der Waals surface area contributed by atoms with Crippen LogP contribution in [0, 0.1) is 13.8 Å². The van der Waals surface area contributed by atoms with Crippen molar-refractivity contribution in [2.24, 2.45) is 0 Å². The van der Waals surface area contributed by atoms with Gasteiger partial charge in [-0.05, 0) is 79.9 Å². The van der Waals surface area contributed by atoms with Crippen molar-refractivity contribution in [2.75, 3.05) is 32.8 Å². The molecule has 5 rings (SSSR count). The Bertz CT molecular complexity index is 1300. The monoisotopic (exact) mass is 552 g/mol. The molecular weight excluding hydrogens is 520 g/mol. The van der Waals surface area contributed by atoms with E-state index < -0.39 is 0 Å². The van der Waals surface area contributed by atoms with E-state index in [2.05, 4.69) is 24.4 Å². The summed E-state index contributed by atoms with van der Waals surface area (Å²) in [4.78, 5) is 32.2. The van der Waals surface area contributed by atoms with Crippen molar-refractivity contribution in [1.82, 2.24) is 9.80 Å². The minimum atomic E-state index is -0.218. The lowest BCUT2D eigenvalue weighted by Crippen LogP contribution is -2.49. The van der Waals surface area contributed by atoms with E-state index in [1.165, 1.54) is 10.4 Å². The van der Waals surface area contributed by atoms with Gasteiger partial charge < -0.3 is 19.3 Å². The van der Waals surface area contributed by atoms with Crippen LogP contribution in [0.15, 0.2) is 53.9 Å². The first-order chi connectivity index (χ1) is 18.4. The summed E-state index contributed by atoms with van der Waals surface area (Å²) in [5, 5.41) is 2.57. The van der Waals surface area contributed by atoms with E-state index in [4.69, 9.17) is 21.1 Å². The molecule has 6 nitrogen and oxygen atoms in total. The number of thiophene rings is 1. The van der Waals surface area contributed by atoms with Crippen molar-refractivity contribution < 1.29 is 19.1 Å². The molecule has 0 spiro atoms. The van der Waals surface area contributed by atoms with Gasteiger partial charge in [-0.1, -0.05) is 35.4 Å². The average Bonchev–Trinajstić information content (AvgIpc) is 3.59. The smallest absolute Gasteiger partial charge is 0.254 e. The van der Waals surface area contributed by atoms with Gasteiger partial charge in [-0.3, -0.25) is 9.59 Å². The fourth-order valence-corrected chi connectivity index (χ4v) is 6.43. The second-order valence-corrected chi connectivity index (χ2v) is 11.5. The summed E-state index contributed by atoms with van der Waals surface area (Å²) in [5.41, 5.74) is 3.85. The maximum Gasteiger partial charge on any atom is 0.254 e. The number of benzene rings is 2. The molecule has 1 saturated heterocycles. The van der Waals surface area contributed by atoms with Gasteiger partial charge in [0.25, 0.3) is 5.91 Å². The molecule has 0 aliphatic carbocycles. The molecule has 0 bridgehead atoms. The molecule has 2 aliphatic rings. The van der Waals surface area contributed by atoms with Crippen LogP contribution in [-0.4, -0.2) is 60.6 Å². The zero-order chi connectivity index (χ0) is 26.6. The van der Waals surface area contributed by atoms with Crippen LogP contribution in [0.5, 0.6) is 5.75 Å². The lowest BCUT2D eigenvalue weighted by Gasteiger charge is -2.37. The van der Waals surface area contributed by atoms with Crippen molar-refractivity contribution in [2.45, 2.75) is 45.3 Å². The highest BCUT2D eigenvalue weighted by Crippen LogP contribution is 2.34. The number of rotatable bonds is 8. The highest BCUT2D eigenvalue weighted by atomic mass is 35.5. The van der Waals surface area contributed by atoms with Crippen molar-refractivity contribution in [3.05, 3.63) is 86.1 Å². The summed E-state index contributed by atoms with van der Waals surface area (Å²) in [6, 6.07) is 14.9. The molecule has 1 fully saturated rings. The second-order valence-electron chi connectivity index (χ2n) is 10.1. The summed E-state index contributed by atoms with van der Waals surface area (Å²) in [6.45, 7) is 6.07. The number of carbonyl (C=O) groups excluding carboxylic acids is 2. The minimum Gasteiger partial charge on any atom is -0.491 e. The molecule has 0 unspecified atom stereocenters. The highest BCUT2D eigenvalue weighted by Gasteiger charge is 2.34. The van der Waals surface area contributed by atoms with Crippen LogP contribution < -0.4 is 4.74 Å². The number of hydrogen-bond acceptors (Lipinski definition) is 5. The van der Waals surface area contributed by atoms with Crippen molar-refractivity contribution in [1.29, 1.82) is 0 Å². The second kappa shape index (κ2) is 11.9. The first kappa shape index (κ1) is 26.7. The summed E-state index contributed by atoms with van der Waals surface area (Å²) >= 11 is 7.89. The standard InChI is InChI=1S/C30H33ClN2O4S/c1-20-8-9-27(21(2)15-20)37-19-26-25-11-14-38-28(25)10-12-33(26)29(34)18-32(17-24-7-4-13-36-24)30(35)22-5-3-6-23(31)16-22/h3,5-6,8-9,11,14-16,24,26H,4,7,10,12-13,17-19H2,1-2H3/t24-,26-/m0/s1. The highest BCUT2D eigenvalue weighted by molar-refractivity contribution is 7.10. The topological polar surface area (TPSA) is 59.1 Å². The van der Waals surface area contributed by atoms with Crippen LogP contribution >= 0.6 is 22.9 Å². The average molecular weight is 553 g/mol. The van der Waals surface area contributed by atoms with Crippen LogP contribution in [0.2, 0.25) is 5.02 Å². The lowest BCUT2D eigenvalue weighted by atomic mass is 10.00. The number of aryl methyl sites for hydroxylation is 2. The van der Waals surface area contributed by atoms with Gasteiger partial charge in [0.15, 0.2) is 0 Å². The van der Waals surface area contributed by atoms with Crippen LogP contribution in [0.3, 0.4) is 0 Å². The predicted octanol–water partition coefficient (Wildman–Crippen LogP) is 5.84. The summed E-state index contributed by atoms with van der Waals surface area (Å²) < 4.78 is 12.1. The Morgan fingerprint density at radius 3 is 2.82 bits per heavy atom. The molecule has 2 atom stereocenters. The van der Waals surface area contributed by atoms with E-state index in [9.17, 15) is 9.59 Å². The Hall–Kier alpha value is -2.87. The molecule has 8 heteroatoms. The van der Waals surface area contributed by atoms with E-state index in [0.717, 1.165) is 36.1 Å². The molecule has 0 N–H and O–H groups in total. The Kier molecular flexibility index (Phi) is 8.36. The van der Waals surface area contributed by atoms with Crippen molar-refractivity contribution in [3.8, 4) is 5.75 Å². The molecule has 2 aromatic carbocycles. The van der Waals surface area contributed by atoms with Gasteiger partial charge in [0.2, 0.25) is 5.91 Å². The van der Waals surface area contributed by atoms with Gasteiger partial charge in [0.1, 0.15) is 18.9 Å². The molecule has 0 radical (unpaired) electrons. The molecular formula is C30H33ClN2O4S. The predicted molar refractivity (Wildman–Crippen MR) is 150 cm³/mol. The Labute approximate surface area is 233 Å². The summed E-state index contributed by atoms with van der Waals surface area (Å²) in [7, 11) is 0. The van der Waals surface area contributed by atoms with E-state index in [1.54, 1.807) is 40.5 Å². The number of fused-ring (bicyclic) bond motifs is 1. The van der Waals surface area contributed by atoms with Crippen LogP contribution in [-0.2, 0) is 16.0 Å². The summed E-state index contributed by atoms with van der Waals surface area (Å²) in [5.74, 6) is 0.513. The van der Waals surface area contributed by atoms with Crippen molar-refractivity contribution >= 4 is 34.8 Å². The Morgan fingerprint density at radius 2 is 2.05 bits per heavy atom. The van der Waals surface area contributed by atoms with E-state index in [1.807, 2.05) is 24.0 Å². The molecule has 200 valence electrons. The van der Waals surface area contributed by atoms with Crippen LogP contribution in [0.1, 0.15) is 50.8 Å². The first-order valence-electron chi connectivity index (χ1n) is 13.1. The molecule has 38 heavy (non-hydrogen) atoms. The van der Waals surface area contributed by atoms with Gasteiger partial charge in [0.05, 0.1) is 12.1 Å². The SMILES string of the molecule is Cc1ccc(OC[C@H]2c3ccsc3CCN2C(=O)CN(C[C@@H]2CCCO2)C(=O)c2cccc(Cl)c2)c(C)c1. The van der Waals surface area contributed by atoms with Crippen LogP contribution in [0.25, 0.3) is 0 Å². The first-order valence-corrected chi connectivity index (χ1v) is 14.4. The molecule has 1 aromatic heterocycles. The Morgan fingerprint density at radius 1 is 1.18 bits per heavy atom. The third kappa shape index (κ3) is 6.06. The third-order valence-electron chi connectivity index (χ3n) is 7.28. The zero-order valence-electron chi connectivity index (χ0n) is 21.8. The summed E-state index contributed by atoms with van der Waals surface area (Å²) in [6.07, 6.45) is 2.57. The number of nitrogens with zero attached hydrogens (tertiary/aromatic N) is 2. The van der Waals surface area contributed by atoms with Crippen LogP contribution in [0.4, 0.5) is 0 Å². The van der Waals surface area contributed by atoms with Gasteiger partial charge in [0, 0.05) is 35.2 Å². The number of ether oxygens (including phenoxy) is 2. The molecule has 0 saturated carbocycles. The molecule has 3 aromatic rings. The number of hydrogen-bond donors (Lipinski definition) is 0. The lowest BCUT2D eigenvalue weighted by molar-refractivity contribution is -0.135. The maximum absolute atomic E-state index is 13.9. The number of halogens is 1. The van der Waals surface area contributed by atoms with Crippen molar-refractivity contribution in [3.63, 3.8) is 0 Å². The number of carbonyl (C=O) groups is 2. The molecule has 2 aliphatic heterocycles. The van der Waals surface area contributed by atoms with E-state index in [0.29, 0.717) is 36.9 Å². The van der Waals surface area contributed by atoms with Gasteiger partial charge in [-0.2, -0.15) is 0 Å². The van der Waals surface area contributed by atoms with E-state index in [-0.39, 0.29) is 30.5 Å². The fourth-order valence-electron chi connectivity index (χ4n) is 5.32. The van der Waals surface area contributed by atoms with Gasteiger partial charge in [-0.25, -0.2) is 0 Å². The quantitative estimate of drug-likeness (QED) is 0.352. The molecule has 2 amide bonds. The maximum atomic E-state index is 13.9. The number of amides is 2. The van der Waals surface area contributed by atoms with Gasteiger partial charge in [-0.15, -0.1) is 11.3 Å². The zero-order valence-corrected chi connectivity index (χ0v) is 23.4. The largest absolute Gasteiger partial charge is 0.491 e. The normalized spacial score (nSPS) is 18.8. The third-order valence-corrected chi connectivity index (χ3v) is 8.51. The van der Waals surface area contributed by atoms with E-state index >= 15 is 0 Å².